The van der Waals surface area contributed by atoms with E-state index in [-0.39, 0.29) is 11.6 Å². The predicted octanol–water partition coefficient (Wildman–Crippen LogP) is 3.22. The summed E-state index contributed by atoms with van der Waals surface area (Å²) in [6.07, 6.45) is 0. The lowest BCUT2D eigenvalue weighted by Crippen LogP contribution is -2.08. The molecule has 3 nitrogen and oxygen atoms in total. The quantitative estimate of drug-likeness (QED) is 0.798. The smallest absolute Gasteiger partial charge is 0.186 e. The molecule has 1 heterocycles. The van der Waals surface area contributed by atoms with Gasteiger partial charge in [0.25, 0.3) is 0 Å². The maximum Gasteiger partial charge on any atom is 0.186 e. The van der Waals surface area contributed by atoms with Crippen molar-refractivity contribution in [2.75, 3.05) is 19.0 Å². The highest BCUT2D eigenvalue weighted by atomic mass is 32.1. The molecule has 0 aliphatic carbocycles. The number of hydrogen-bond acceptors (Lipinski definition) is 4. The molecule has 0 atom stereocenters. The van der Waals surface area contributed by atoms with Gasteiger partial charge in [0.05, 0.1) is 4.88 Å². The lowest BCUT2D eigenvalue weighted by Gasteiger charge is -2.05. The average Bonchev–Trinajstić information content (AvgIpc) is 2.73. The highest BCUT2D eigenvalue weighted by Gasteiger charge is 2.17. The van der Waals surface area contributed by atoms with E-state index in [2.05, 4.69) is 4.98 Å². The minimum Gasteiger partial charge on any atom is -0.354 e. The normalized spacial score (nSPS) is 10.4. The molecule has 0 aliphatic heterocycles. The fraction of sp³-hybridized carbons (Fsp3) is 0.231. The van der Waals surface area contributed by atoms with Crippen LogP contribution in [0.5, 0.6) is 0 Å². The second kappa shape index (κ2) is 4.86. The molecule has 0 unspecified atom stereocenters. The fourth-order valence-corrected chi connectivity index (χ4v) is 2.60. The number of ketones is 1. The SMILES string of the molecule is CC(=O)c1nc(N(C)C)sc1-c1cccc(F)c1. The van der Waals surface area contributed by atoms with Gasteiger partial charge in [0.2, 0.25) is 0 Å². The van der Waals surface area contributed by atoms with E-state index in [1.54, 1.807) is 12.1 Å². The Morgan fingerprint density at radius 2 is 2.11 bits per heavy atom. The number of hydrogen-bond donors (Lipinski definition) is 0. The van der Waals surface area contributed by atoms with E-state index in [4.69, 9.17) is 0 Å². The number of nitrogens with zero attached hydrogens (tertiary/aromatic N) is 2. The highest BCUT2D eigenvalue weighted by molar-refractivity contribution is 7.19. The van der Waals surface area contributed by atoms with Gasteiger partial charge in [0.15, 0.2) is 10.9 Å². The maximum atomic E-state index is 13.2. The zero-order valence-corrected chi connectivity index (χ0v) is 11.2. The molecule has 0 saturated carbocycles. The molecule has 0 saturated heterocycles. The van der Waals surface area contributed by atoms with E-state index in [1.807, 2.05) is 19.0 Å². The number of aromatic nitrogens is 1. The Balaban J connectivity index is 2.58. The molecule has 1 aromatic heterocycles. The summed E-state index contributed by atoms with van der Waals surface area (Å²) in [7, 11) is 3.72. The molecule has 2 rings (SSSR count). The molecule has 0 fully saturated rings. The molecule has 0 aliphatic rings. The van der Waals surface area contributed by atoms with Gasteiger partial charge in [-0.05, 0) is 17.7 Å². The molecule has 0 spiro atoms. The topological polar surface area (TPSA) is 33.2 Å². The van der Waals surface area contributed by atoms with Crippen molar-refractivity contribution >= 4 is 22.3 Å². The lowest BCUT2D eigenvalue weighted by atomic mass is 10.1. The van der Waals surface area contributed by atoms with Crippen LogP contribution in [0.15, 0.2) is 24.3 Å². The average molecular weight is 264 g/mol. The number of rotatable bonds is 3. The molecule has 0 amide bonds. The van der Waals surface area contributed by atoms with E-state index < -0.39 is 0 Å². The van der Waals surface area contributed by atoms with Crippen molar-refractivity contribution in [1.29, 1.82) is 0 Å². The number of Topliss-reactive ketones (excluding diaryl/α,β-unsaturated/α-hetero) is 1. The van der Waals surface area contributed by atoms with E-state index in [0.717, 1.165) is 5.13 Å². The van der Waals surface area contributed by atoms with E-state index in [1.165, 1.54) is 30.4 Å². The number of carbonyl (C=O) groups excluding carboxylic acids is 1. The van der Waals surface area contributed by atoms with Gasteiger partial charge in [0.1, 0.15) is 11.5 Å². The van der Waals surface area contributed by atoms with Gasteiger partial charge in [-0.3, -0.25) is 4.79 Å². The number of thiazole rings is 1. The van der Waals surface area contributed by atoms with Crippen LogP contribution in [0.4, 0.5) is 9.52 Å². The molecule has 94 valence electrons. The van der Waals surface area contributed by atoms with Gasteiger partial charge in [0, 0.05) is 21.0 Å². The monoisotopic (exact) mass is 264 g/mol. The molecule has 0 radical (unpaired) electrons. The molecule has 0 bridgehead atoms. The first-order chi connectivity index (χ1) is 8.49. The summed E-state index contributed by atoms with van der Waals surface area (Å²) in [5.41, 5.74) is 1.08. The summed E-state index contributed by atoms with van der Waals surface area (Å²) >= 11 is 1.39. The Kier molecular flexibility index (Phi) is 3.43. The van der Waals surface area contributed by atoms with Crippen molar-refractivity contribution in [2.24, 2.45) is 0 Å². The lowest BCUT2D eigenvalue weighted by molar-refractivity contribution is 0.101. The van der Waals surface area contributed by atoms with Crippen LogP contribution in [-0.2, 0) is 0 Å². The van der Waals surface area contributed by atoms with Gasteiger partial charge < -0.3 is 4.90 Å². The summed E-state index contributed by atoms with van der Waals surface area (Å²) in [6.45, 7) is 1.47. The van der Waals surface area contributed by atoms with Crippen LogP contribution in [-0.4, -0.2) is 24.9 Å². The molecular weight excluding hydrogens is 251 g/mol. The van der Waals surface area contributed by atoms with Crippen molar-refractivity contribution in [3.8, 4) is 10.4 Å². The van der Waals surface area contributed by atoms with Gasteiger partial charge in [-0.15, -0.1) is 0 Å². The van der Waals surface area contributed by atoms with Crippen molar-refractivity contribution in [1.82, 2.24) is 4.98 Å². The largest absolute Gasteiger partial charge is 0.354 e. The number of benzene rings is 1. The molecule has 18 heavy (non-hydrogen) atoms. The standard InChI is InChI=1S/C13H13FN2OS/c1-8(17)11-12(18-13(15-11)16(2)3)9-5-4-6-10(14)7-9/h4-7H,1-3H3. The van der Waals surface area contributed by atoms with Crippen molar-refractivity contribution in [3.05, 3.63) is 35.8 Å². The minimum atomic E-state index is -0.318. The zero-order valence-electron chi connectivity index (χ0n) is 10.4. The van der Waals surface area contributed by atoms with Gasteiger partial charge in [-0.1, -0.05) is 23.5 Å². The second-order valence-electron chi connectivity index (χ2n) is 4.14. The van der Waals surface area contributed by atoms with E-state index in [9.17, 15) is 9.18 Å². The summed E-state index contributed by atoms with van der Waals surface area (Å²) in [4.78, 5) is 18.4. The third kappa shape index (κ3) is 2.41. The molecular formula is C13H13FN2OS. The fourth-order valence-electron chi connectivity index (χ4n) is 1.56. The summed E-state index contributed by atoms with van der Waals surface area (Å²) < 4.78 is 13.2. The van der Waals surface area contributed by atoms with Gasteiger partial charge in [-0.2, -0.15) is 0 Å². The third-order valence-electron chi connectivity index (χ3n) is 2.42. The first-order valence-electron chi connectivity index (χ1n) is 5.44. The predicted molar refractivity (Wildman–Crippen MR) is 71.8 cm³/mol. The molecule has 0 N–H and O–H groups in total. The van der Waals surface area contributed by atoms with Crippen molar-refractivity contribution in [2.45, 2.75) is 6.92 Å². The van der Waals surface area contributed by atoms with Crippen LogP contribution in [0.2, 0.25) is 0 Å². The maximum absolute atomic E-state index is 13.2. The van der Waals surface area contributed by atoms with Crippen molar-refractivity contribution in [3.63, 3.8) is 0 Å². The van der Waals surface area contributed by atoms with Crippen LogP contribution in [0, 0.1) is 5.82 Å². The highest BCUT2D eigenvalue weighted by Crippen LogP contribution is 2.34. The first kappa shape index (κ1) is 12.7. The number of anilines is 1. The van der Waals surface area contributed by atoms with Crippen LogP contribution in [0.25, 0.3) is 10.4 Å². The van der Waals surface area contributed by atoms with Gasteiger partial charge >= 0.3 is 0 Å². The second-order valence-corrected chi connectivity index (χ2v) is 5.11. The summed E-state index contributed by atoms with van der Waals surface area (Å²) in [6, 6.07) is 6.20. The Labute approximate surface area is 109 Å². The van der Waals surface area contributed by atoms with Crippen LogP contribution in [0.1, 0.15) is 17.4 Å². The first-order valence-corrected chi connectivity index (χ1v) is 6.25. The van der Waals surface area contributed by atoms with Crippen molar-refractivity contribution < 1.29 is 9.18 Å². The molecule has 2 aromatic rings. The molecule has 1 aromatic carbocycles. The summed E-state index contributed by atoms with van der Waals surface area (Å²) in [5.74, 6) is -0.430. The van der Waals surface area contributed by atoms with Crippen LogP contribution < -0.4 is 4.90 Å². The van der Waals surface area contributed by atoms with Crippen LogP contribution in [0.3, 0.4) is 0 Å². The van der Waals surface area contributed by atoms with E-state index >= 15 is 0 Å². The molecule has 5 heteroatoms. The third-order valence-corrected chi connectivity index (χ3v) is 3.69. The Hall–Kier alpha value is -1.75. The Morgan fingerprint density at radius 1 is 1.39 bits per heavy atom. The Morgan fingerprint density at radius 3 is 2.67 bits per heavy atom. The van der Waals surface area contributed by atoms with Gasteiger partial charge in [-0.25, -0.2) is 9.37 Å². The summed E-state index contributed by atoms with van der Waals surface area (Å²) in [5, 5.41) is 0.736. The zero-order chi connectivity index (χ0) is 13.3. The number of carbonyl (C=O) groups is 1. The van der Waals surface area contributed by atoms with Crippen LogP contribution >= 0.6 is 11.3 Å². The van der Waals surface area contributed by atoms with E-state index in [0.29, 0.717) is 16.1 Å². The minimum absolute atomic E-state index is 0.112. The number of halogens is 1. The Bertz CT molecular complexity index is 592.